The third kappa shape index (κ3) is 2.24. The average Bonchev–Trinajstić information content (AvgIpc) is 2.84. The number of allylic oxidation sites excluding steroid dienone is 1. The van der Waals surface area contributed by atoms with Crippen LogP contribution in [0.3, 0.4) is 0 Å². The molecule has 3 nitrogen and oxygen atoms in total. The first kappa shape index (κ1) is 17.3. The van der Waals surface area contributed by atoms with Gasteiger partial charge in [-0.25, -0.2) is 0 Å². The number of nitrogens with zero attached hydrogens (tertiary/aromatic N) is 1. The molecule has 0 bridgehead atoms. The number of amides is 1. The van der Waals surface area contributed by atoms with Crippen molar-refractivity contribution in [3.05, 3.63) is 24.8 Å². The van der Waals surface area contributed by atoms with Crippen LogP contribution in [-0.4, -0.2) is 35.1 Å². The fourth-order valence-electron chi connectivity index (χ4n) is 7.33. The Labute approximate surface area is 152 Å². The molecule has 3 heteroatoms. The summed E-state index contributed by atoms with van der Waals surface area (Å²) in [5.41, 5.74) is 0.159. The van der Waals surface area contributed by atoms with Crippen LogP contribution in [0.2, 0.25) is 0 Å². The number of likely N-dealkylation sites (N-methyl/N-ethyl adjacent to an activating group) is 1. The van der Waals surface area contributed by atoms with Gasteiger partial charge in [-0.3, -0.25) is 4.79 Å². The molecule has 0 aromatic carbocycles. The number of carbonyl (C=O) groups excluding carboxylic acids is 1. The SMILES string of the molecule is C=CCC1C[C@H]2[C@@H]3CCC4N(C)C(=O)C=C[C@]4(C)[C@@H]3CC[C@]2(C)C1O. The van der Waals surface area contributed by atoms with E-state index in [4.69, 9.17) is 0 Å². The lowest BCUT2D eigenvalue weighted by Gasteiger charge is -2.60. The van der Waals surface area contributed by atoms with Crippen molar-refractivity contribution in [1.29, 1.82) is 0 Å². The second-order valence-electron chi connectivity index (χ2n) is 9.63. The van der Waals surface area contributed by atoms with Crippen molar-refractivity contribution in [2.24, 2.45) is 34.5 Å². The molecule has 4 aliphatic rings. The van der Waals surface area contributed by atoms with Crippen molar-refractivity contribution < 1.29 is 9.90 Å². The van der Waals surface area contributed by atoms with E-state index >= 15 is 0 Å². The molecule has 1 amide bonds. The zero-order chi connectivity index (χ0) is 18.0. The van der Waals surface area contributed by atoms with Gasteiger partial charge in [0.15, 0.2) is 0 Å². The van der Waals surface area contributed by atoms with Crippen LogP contribution in [0.1, 0.15) is 52.4 Å². The summed E-state index contributed by atoms with van der Waals surface area (Å²) in [6, 6.07) is 0.339. The van der Waals surface area contributed by atoms with Crippen molar-refractivity contribution in [1.82, 2.24) is 4.90 Å². The first-order chi connectivity index (χ1) is 11.8. The zero-order valence-corrected chi connectivity index (χ0v) is 15.9. The summed E-state index contributed by atoms with van der Waals surface area (Å²) in [4.78, 5) is 14.1. The van der Waals surface area contributed by atoms with Crippen molar-refractivity contribution >= 4 is 5.91 Å². The normalized spacial score (nSPS) is 51.7. The summed E-state index contributed by atoms with van der Waals surface area (Å²) in [6.45, 7) is 8.62. The molecule has 3 aliphatic carbocycles. The Morgan fingerprint density at radius 1 is 1.32 bits per heavy atom. The summed E-state index contributed by atoms with van der Waals surface area (Å²) in [5, 5.41) is 11.0. The highest BCUT2D eigenvalue weighted by atomic mass is 16.3. The molecule has 138 valence electrons. The minimum Gasteiger partial charge on any atom is -0.392 e. The quantitative estimate of drug-likeness (QED) is 0.775. The van der Waals surface area contributed by atoms with Gasteiger partial charge in [0.2, 0.25) is 5.91 Å². The van der Waals surface area contributed by atoms with Gasteiger partial charge in [-0.05, 0) is 73.7 Å². The van der Waals surface area contributed by atoms with E-state index in [0.29, 0.717) is 29.7 Å². The van der Waals surface area contributed by atoms with Crippen LogP contribution < -0.4 is 0 Å². The molecule has 0 saturated heterocycles. The van der Waals surface area contributed by atoms with E-state index in [2.05, 4.69) is 26.5 Å². The van der Waals surface area contributed by atoms with Gasteiger partial charge < -0.3 is 10.0 Å². The molecule has 3 unspecified atom stereocenters. The molecule has 4 rings (SSSR count). The van der Waals surface area contributed by atoms with Crippen LogP contribution in [0, 0.1) is 34.5 Å². The summed E-state index contributed by atoms with van der Waals surface area (Å²) in [6.07, 6.45) is 12.5. The van der Waals surface area contributed by atoms with Gasteiger partial charge in [-0.2, -0.15) is 0 Å². The Balaban J connectivity index is 1.66. The summed E-state index contributed by atoms with van der Waals surface area (Å²) >= 11 is 0. The summed E-state index contributed by atoms with van der Waals surface area (Å²) in [7, 11) is 1.97. The van der Waals surface area contributed by atoms with Crippen LogP contribution in [0.15, 0.2) is 24.8 Å². The van der Waals surface area contributed by atoms with Gasteiger partial charge in [-0.15, -0.1) is 6.58 Å². The molecule has 0 aromatic heterocycles. The monoisotopic (exact) mass is 343 g/mol. The number of aliphatic hydroxyl groups excluding tert-OH is 1. The Morgan fingerprint density at radius 2 is 2.08 bits per heavy atom. The van der Waals surface area contributed by atoms with Gasteiger partial charge in [0.05, 0.1) is 6.10 Å². The summed E-state index contributed by atoms with van der Waals surface area (Å²) < 4.78 is 0. The first-order valence-electron chi connectivity index (χ1n) is 10.1. The van der Waals surface area contributed by atoms with E-state index in [1.807, 2.05) is 18.0 Å². The number of fused-ring (bicyclic) bond motifs is 5. The van der Waals surface area contributed by atoms with Crippen LogP contribution in [0.4, 0.5) is 0 Å². The van der Waals surface area contributed by atoms with Gasteiger partial charge in [0.25, 0.3) is 0 Å². The summed E-state index contributed by atoms with van der Waals surface area (Å²) in [5.74, 6) is 2.45. The van der Waals surface area contributed by atoms with Crippen molar-refractivity contribution in [2.45, 2.75) is 64.5 Å². The maximum Gasteiger partial charge on any atom is 0.246 e. The lowest BCUT2D eigenvalue weighted by Crippen LogP contribution is -2.59. The lowest BCUT2D eigenvalue weighted by molar-refractivity contribution is -0.140. The molecule has 1 N–H and O–H groups in total. The fourth-order valence-corrected chi connectivity index (χ4v) is 7.33. The number of aliphatic hydroxyl groups is 1. The zero-order valence-electron chi connectivity index (χ0n) is 15.9. The predicted molar refractivity (Wildman–Crippen MR) is 99.8 cm³/mol. The maximum atomic E-state index is 12.1. The minimum absolute atomic E-state index is 0.0676. The minimum atomic E-state index is -0.187. The molecule has 3 fully saturated rings. The van der Waals surface area contributed by atoms with E-state index in [9.17, 15) is 9.90 Å². The molecular formula is C22H33NO2. The molecule has 1 heterocycles. The third-order valence-electron chi connectivity index (χ3n) is 8.71. The topological polar surface area (TPSA) is 40.5 Å². The molecule has 25 heavy (non-hydrogen) atoms. The van der Waals surface area contributed by atoms with Crippen molar-refractivity contribution in [3.63, 3.8) is 0 Å². The lowest BCUT2D eigenvalue weighted by atomic mass is 9.48. The highest BCUT2D eigenvalue weighted by Gasteiger charge is 2.62. The standard InChI is InChI=1S/C22H33NO2/c1-5-6-14-13-17-15-7-8-18-21(2,12-10-19(24)23(18)4)16(15)9-11-22(17,3)20(14)25/h5,10,12,14-18,20,25H,1,6-9,11,13H2,2-4H3/t14?,15-,16-,17+,18?,20?,21-,22+/m1/s1. The van der Waals surface area contributed by atoms with E-state index in [-0.39, 0.29) is 22.8 Å². The largest absolute Gasteiger partial charge is 0.392 e. The Bertz CT molecular complexity index is 613. The smallest absolute Gasteiger partial charge is 0.246 e. The first-order valence-corrected chi connectivity index (χ1v) is 10.1. The van der Waals surface area contributed by atoms with E-state index < -0.39 is 0 Å². The van der Waals surface area contributed by atoms with Crippen LogP contribution in [-0.2, 0) is 4.79 Å². The molecule has 0 radical (unpaired) electrons. The molecular weight excluding hydrogens is 310 g/mol. The Hall–Kier alpha value is -1.09. The highest BCUT2D eigenvalue weighted by Crippen LogP contribution is 2.65. The number of hydrogen-bond donors (Lipinski definition) is 1. The highest BCUT2D eigenvalue weighted by molar-refractivity contribution is 5.89. The van der Waals surface area contributed by atoms with Gasteiger partial charge in [-0.1, -0.05) is 26.0 Å². The Kier molecular flexibility index (Phi) is 3.95. The van der Waals surface area contributed by atoms with Gasteiger partial charge in [0.1, 0.15) is 0 Å². The van der Waals surface area contributed by atoms with Crippen LogP contribution in [0.25, 0.3) is 0 Å². The van der Waals surface area contributed by atoms with E-state index in [1.165, 1.54) is 12.8 Å². The molecule has 0 aromatic rings. The second-order valence-corrected chi connectivity index (χ2v) is 9.63. The number of hydrogen-bond acceptors (Lipinski definition) is 2. The number of rotatable bonds is 2. The maximum absolute atomic E-state index is 12.1. The molecule has 1 aliphatic heterocycles. The van der Waals surface area contributed by atoms with Crippen molar-refractivity contribution in [3.8, 4) is 0 Å². The van der Waals surface area contributed by atoms with E-state index in [0.717, 1.165) is 25.7 Å². The average molecular weight is 344 g/mol. The molecule has 3 saturated carbocycles. The molecule has 0 spiro atoms. The van der Waals surface area contributed by atoms with Crippen LogP contribution >= 0.6 is 0 Å². The van der Waals surface area contributed by atoms with Gasteiger partial charge in [0, 0.05) is 18.5 Å². The second kappa shape index (κ2) is 5.70. The predicted octanol–water partition coefficient (Wildman–Crippen LogP) is 3.79. The van der Waals surface area contributed by atoms with E-state index in [1.54, 1.807) is 6.08 Å². The van der Waals surface area contributed by atoms with Gasteiger partial charge >= 0.3 is 0 Å². The Morgan fingerprint density at radius 3 is 2.80 bits per heavy atom. The molecule has 8 atom stereocenters. The third-order valence-corrected chi connectivity index (χ3v) is 8.71. The van der Waals surface area contributed by atoms with Crippen LogP contribution in [0.5, 0.6) is 0 Å². The number of carbonyl (C=O) groups is 1. The fraction of sp³-hybridized carbons (Fsp3) is 0.773. The van der Waals surface area contributed by atoms with Crippen molar-refractivity contribution in [2.75, 3.05) is 7.05 Å².